The summed E-state index contributed by atoms with van der Waals surface area (Å²) in [6.45, 7) is 2.52. The van der Waals surface area contributed by atoms with Crippen molar-refractivity contribution in [1.29, 1.82) is 0 Å². The fourth-order valence-corrected chi connectivity index (χ4v) is 2.26. The van der Waals surface area contributed by atoms with E-state index in [1.54, 1.807) is 0 Å². The summed E-state index contributed by atoms with van der Waals surface area (Å²) in [6, 6.07) is 7.73. The predicted octanol–water partition coefficient (Wildman–Crippen LogP) is 1.94. The Bertz CT molecular complexity index is 754. The van der Waals surface area contributed by atoms with E-state index in [9.17, 15) is 4.79 Å². The minimum atomic E-state index is 0.603. The number of benzene rings is 1. The topological polar surface area (TPSA) is 52.7 Å². The Balaban J connectivity index is 2.11. The van der Waals surface area contributed by atoms with Crippen LogP contribution in [0.25, 0.3) is 10.9 Å². The zero-order valence-corrected chi connectivity index (χ0v) is 10.9. The highest BCUT2D eigenvalue weighted by atomic mass is 16.1. The van der Waals surface area contributed by atoms with Crippen LogP contribution in [0.3, 0.4) is 0 Å². The van der Waals surface area contributed by atoms with Crippen LogP contribution >= 0.6 is 0 Å². The molecule has 0 radical (unpaired) electrons. The zero-order chi connectivity index (χ0) is 13.4. The Morgan fingerprint density at radius 1 is 1.26 bits per heavy atom. The van der Waals surface area contributed by atoms with Crippen molar-refractivity contribution < 1.29 is 4.79 Å². The minimum Gasteiger partial charge on any atom is -0.339 e. The highest BCUT2D eigenvalue weighted by molar-refractivity contribution is 5.96. The molecule has 0 saturated heterocycles. The summed E-state index contributed by atoms with van der Waals surface area (Å²) < 4.78 is 3.98. The Hall–Kier alpha value is -2.43. The highest BCUT2D eigenvalue weighted by Crippen LogP contribution is 2.20. The maximum absolute atomic E-state index is 11.1. The quantitative estimate of drug-likeness (QED) is 0.671. The lowest BCUT2D eigenvalue weighted by atomic mass is 10.1. The van der Waals surface area contributed by atoms with Crippen LogP contribution in [-0.4, -0.2) is 25.6 Å². The van der Waals surface area contributed by atoms with Crippen LogP contribution in [0.4, 0.5) is 0 Å². The lowest BCUT2D eigenvalue weighted by Gasteiger charge is -2.07. The molecule has 0 aliphatic rings. The van der Waals surface area contributed by atoms with Gasteiger partial charge < -0.3 is 9.13 Å². The van der Waals surface area contributed by atoms with Crippen molar-refractivity contribution in [2.45, 2.75) is 13.5 Å². The molecule has 0 N–H and O–H groups in total. The molecular weight excluding hydrogens is 240 g/mol. The van der Waals surface area contributed by atoms with E-state index in [2.05, 4.69) is 10.2 Å². The van der Waals surface area contributed by atoms with Crippen molar-refractivity contribution in [3.63, 3.8) is 0 Å². The van der Waals surface area contributed by atoms with Gasteiger partial charge in [0.15, 0.2) is 12.1 Å². The number of nitrogens with zero attached hydrogens (tertiary/aromatic N) is 4. The molecule has 2 aromatic heterocycles. The Kier molecular flexibility index (Phi) is 2.67. The lowest BCUT2D eigenvalue weighted by Crippen LogP contribution is -2.06. The second-order valence-electron chi connectivity index (χ2n) is 4.57. The molecule has 5 heteroatoms. The van der Waals surface area contributed by atoms with Gasteiger partial charge in [-0.15, -0.1) is 10.2 Å². The van der Waals surface area contributed by atoms with Crippen molar-refractivity contribution in [2.75, 3.05) is 0 Å². The zero-order valence-electron chi connectivity index (χ0n) is 10.9. The van der Waals surface area contributed by atoms with E-state index in [0.29, 0.717) is 12.1 Å². The first kappa shape index (κ1) is 11.6. The molecule has 2 heterocycles. The van der Waals surface area contributed by atoms with Gasteiger partial charge in [-0.05, 0) is 19.1 Å². The molecule has 0 fully saturated rings. The number of hydrogen-bond acceptors (Lipinski definition) is 3. The van der Waals surface area contributed by atoms with Gasteiger partial charge in [-0.25, -0.2) is 0 Å². The van der Waals surface area contributed by atoms with E-state index < -0.39 is 0 Å². The number of rotatable bonds is 3. The Morgan fingerprint density at radius 3 is 2.79 bits per heavy atom. The maximum atomic E-state index is 11.1. The van der Waals surface area contributed by atoms with Gasteiger partial charge in [0.2, 0.25) is 0 Å². The van der Waals surface area contributed by atoms with Crippen LogP contribution in [-0.2, 0) is 13.6 Å². The Morgan fingerprint density at radius 2 is 2.11 bits per heavy atom. The fourth-order valence-electron chi connectivity index (χ4n) is 2.26. The van der Waals surface area contributed by atoms with Gasteiger partial charge in [-0.2, -0.15) is 0 Å². The van der Waals surface area contributed by atoms with Gasteiger partial charge >= 0.3 is 0 Å². The van der Waals surface area contributed by atoms with Crippen LogP contribution < -0.4 is 0 Å². The van der Waals surface area contributed by atoms with Gasteiger partial charge in [-0.1, -0.05) is 12.1 Å². The van der Waals surface area contributed by atoms with E-state index >= 15 is 0 Å². The molecule has 0 atom stereocenters. The molecule has 0 aliphatic heterocycles. The van der Waals surface area contributed by atoms with Gasteiger partial charge in [0.1, 0.15) is 5.82 Å². The van der Waals surface area contributed by atoms with Crippen LogP contribution in [0.5, 0.6) is 0 Å². The molecule has 0 aliphatic carbocycles. The van der Waals surface area contributed by atoms with Gasteiger partial charge in [0, 0.05) is 24.2 Å². The number of para-hydroxylation sites is 1. The van der Waals surface area contributed by atoms with Crippen LogP contribution in [0, 0.1) is 6.92 Å². The van der Waals surface area contributed by atoms with Crippen LogP contribution in [0.2, 0.25) is 0 Å². The average Bonchev–Trinajstić information content (AvgIpc) is 2.98. The van der Waals surface area contributed by atoms with Crippen molar-refractivity contribution in [2.24, 2.45) is 7.05 Å². The summed E-state index contributed by atoms with van der Waals surface area (Å²) in [6.07, 6.45) is 2.86. The molecule has 1 aromatic carbocycles. The largest absolute Gasteiger partial charge is 0.339 e. The summed E-state index contributed by atoms with van der Waals surface area (Å²) in [4.78, 5) is 11.1. The number of aryl methyl sites for hydroxylation is 1. The highest BCUT2D eigenvalue weighted by Gasteiger charge is 2.10. The number of aldehydes is 1. The molecule has 0 saturated carbocycles. The number of fused-ring (bicyclic) bond motifs is 1. The van der Waals surface area contributed by atoms with Gasteiger partial charge in [0.25, 0.3) is 0 Å². The molecule has 96 valence electrons. The van der Waals surface area contributed by atoms with E-state index in [0.717, 1.165) is 28.8 Å². The number of hydrogen-bond donors (Lipinski definition) is 0. The van der Waals surface area contributed by atoms with Crippen molar-refractivity contribution in [1.82, 2.24) is 19.3 Å². The monoisotopic (exact) mass is 254 g/mol. The fraction of sp³-hybridized carbons (Fsp3) is 0.214. The van der Waals surface area contributed by atoms with Gasteiger partial charge in [0.05, 0.1) is 12.1 Å². The van der Waals surface area contributed by atoms with E-state index in [1.807, 2.05) is 53.6 Å². The second-order valence-corrected chi connectivity index (χ2v) is 4.57. The van der Waals surface area contributed by atoms with Crippen LogP contribution in [0.1, 0.15) is 22.0 Å². The molecule has 5 nitrogen and oxygen atoms in total. The van der Waals surface area contributed by atoms with Crippen molar-refractivity contribution in [3.05, 3.63) is 47.7 Å². The van der Waals surface area contributed by atoms with Gasteiger partial charge in [-0.3, -0.25) is 4.79 Å². The number of carbonyl (C=O) groups excluding carboxylic acids is 1. The maximum Gasteiger partial charge on any atom is 0.152 e. The first-order valence-corrected chi connectivity index (χ1v) is 6.08. The summed E-state index contributed by atoms with van der Waals surface area (Å²) in [5.41, 5.74) is 1.64. The third-order valence-corrected chi connectivity index (χ3v) is 3.44. The summed E-state index contributed by atoms with van der Waals surface area (Å²) in [5.74, 6) is 1.75. The molecule has 0 bridgehead atoms. The molecule has 0 amide bonds. The van der Waals surface area contributed by atoms with Crippen molar-refractivity contribution in [3.8, 4) is 0 Å². The summed E-state index contributed by atoms with van der Waals surface area (Å²) >= 11 is 0. The molecule has 3 rings (SSSR count). The molecular formula is C14H14N4O. The van der Waals surface area contributed by atoms with E-state index in [-0.39, 0.29) is 0 Å². The van der Waals surface area contributed by atoms with E-state index in [4.69, 9.17) is 0 Å². The molecule has 0 spiro atoms. The standard InChI is InChI=1S/C14H14N4O/c1-10-15-16-13(17(10)2)8-18-7-6-11-4-3-5-12(9-19)14(11)18/h3-7,9H,8H2,1-2H3. The predicted molar refractivity (Wildman–Crippen MR) is 72.2 cm³/mol. The summed E-state index contributed by atoms with van der Waals surface area (Å²) in [5, 5.41) is 9.26. The third-order valence-electron chi connectivity index (χ3n) is 3.44. The van der Waals surface area contributed by atoms with Crippen molar-refractivity contribution >= 4 is 17.2 Å². The normalized spacial score (nSPS) is 11.1. The minimum absolute atomic E-state index is 0.603. The molecule has 0 unspecified atom stereocenters. The Labute approximate surface area is 110 Å². The molecule has 19 heavy (non-hydrogen) atoms. The SMILES string of the molecule is Cc1nnc(Cn2ccc3cccc(C=O)c32)n1C. The van der Waals surface area contributed by atoms with E-state index in [1.165, 1.54) is 0 Å². The smallest absolute Gasteiger partial charge is 0.152 e. The number of aromatic nitrogens is 4. The second kappa shape index (κ2) is 4.35. The first-order valence-electron chi connectivity index (χ1n) is 6.08. The average molecular weight is 254 g/mol. The van der Waals surface area contributed by atoms with Crippen LogP contribution in [0.15, 0.2) is 30.5 Å². The lowest BCUT2D eigenvalue weighted by molar-refractivity contribution is 0.112. The number of carbonyl (C=O) groups is 1. The summed E-state index contributed by atoms with van der Waals surface area (Å²) in [7, 11) is 1.94. The third kappa shape index (κ3) is 1.83. The first-order chi connectivity index (χ1) is 9.20. The molecule has 3 aromatic rings.